The topological polar surface area (TPSA) is 71.8 Å². The van der Waals surface area contributed by atoms with E-state index in [1.165, 1.54) is 19.1 Å². The van der Waals surface area contributed by atoms with Gasteiger partial charge in [0, 0.05) is 61.3 Å². The van der Waals surface area contributed by atoms with E-state index in [1.807, 2.05) is 32.9 Å². The standard InChI is InChI=1S/C31H33F4N5O2/c1-20(18-36)17-27-29(21(2)22(3)32)42-30(38(27)4)23-5-9-25(10-6-23)37-28(41)19-39-13-15-40(16-14-39)26-11-7-24(8-12-26)31(33,34)35/h5-12,17,22,30H,1,13-16,19H2,2-4H3,(H,37,41)/b27-17+,29-21-. The number of benzene rings is 2. The summed E-state index contributed by atoms with van der Waals surface area (Å²) >= 11 is 0. The Morgan fingerprint density at radius 1 is 1.14 bits per heavy atom. The second-order valence-electron chi connectivity index (χ2n) is 10.4. The third-order valence-electron chi connectivity index (χ3n) is 7.38. The maximum absolute atomic E-state index is 14.1. The van der Waals surface area contributed by atoms with Crippen LogP contribution in [0.1, 0.15) is 31.2 Å². The van der Waals surface area contributed by atoms with Crippen LogP contribution in [0.5, 0.6) is 0 Å². The van der Waals surface area contributed by atoms with Crippen LogP contribution >= 0.6 is 0 Å². The SMILES string of the molecule is C=C(C#N)/C=C1\C(=C(/C)C(C)F)OC(c2ccc(NC(=O)CN3CCN(c4ccc(C(F)(F)F)cc4)CC3)cc2)N1C. The number of piperazine rings is 1. The zero-order valence-electron chi connectivity index (χ0n) is 23.7. The fourth-order valence-corrected chi connectivity index (χ4v) is 4.83. The van der Waals surface area contributed by atoms with Gasteiger partial charge >= 0.3 is 6.18 Å². The number of amides is 1. The maximum atomic E-state index is 14.1. The van der Waals surface area contributed by atoms with Gasteiger partial charge in [-0.1, -0.05) is 18.7 Å². The van der Waals surface area contributed by atoms with Crippen molar-refractivity contribution in [2.24, 2.45) is 0 Å². The molecule has 0 spiro atoms. The van der Waals surface area contributed by atoms with Crippen LogP contribution in [-0.2, 0) is 15.7 Å². The lowest BCUT2D eigenvalue weighted by Crippen LogP contribution is -2.48. The molecule has 2 heterocycles. The van der Waals surface area contributed by atoms with Crippen molar-refractivity contribution < 1.29 is 27.1 Å². The van der Waals surface area contributed by atoms with Crippen molar-refractivity contribution in [2.45, 2.75) is 32.4 Å². The van der Waals surface area contributed by atoms with Crippen LogP contribution in [0.3, 0.4) is 0 Å². The van der Waals surface area contributed by atoms with Crippen molar-refractivity contribution in [2.75, 3.05) is 50.0 Å². The van der Waals surface area contributed by atoms with E-state index in [4.69, 9.17) is 4.74 Å². The molecule has 7 nitrogen and oxygen atoms in total. The van der Waals surface area contributed by atoms with Gasteiger partial charge in [-0.05, 0) is 56.3 Å². The normalized spacial score (nSPS) is 20.6. The molecule has 2 aliphatic heterocycles. The van der Waals surface area contributed by atoms with Gasteiger partial charge in [0.1, 0.15) is 11.9 Å². The summed E-state index contributed by atoms with van der Waals surface area (Å²) in [4.78, 5) is 18.5. The number of ether oxygens (including phenoxy) is 1. The van der Waals surface area contributed by atoms with Gasteiger partial charge in [-0.2, -0.15) is 18.4 Å². The van der Waals surface area contributed by atoms with Crippen molar-refractivity contribution in [3.8, 4) is 6.07 Å². The number of nitrogens with zero attached hydrogens (tertiary/aromatic N) is 4. The van der Waals surface area contributed by atoms with Gasteiger partial charge in [-0.15, -0.1) is 0 Å². The highest BCUT2D eigenvalue weighted by Crippen LogP contribution is 2.41. The van der Waals surface area contributed by atoms with Crippen LogP contribution in [0, 0.1) is 11.3 Å². The smallest absolute Gasteiger partial charge is 0.416 e. The van der Waals surface area contributed by atoms with Gasteiger partial charge in [-0.3, -0.25) is 9.69 Å². The van der Waals surface area contributed by atoms with E-state index in [9.17, 15) is 27.6 Å². The average molecular weight is 584 g/mol. The van der Waals surface area contributed by atoms with E-state index in [2.05, 4.69) is 11.9 Å². The Labute approximate surface area is 243 Å². The molecule has 11 heteroatoms. The lowest BCUT2D eigenvalue weighted by Gasteiger charge is -2.35. The van der Waals surface area contributed by atoms with E-state index in [0.717, 1.165) is 23.4 Å². The number of likely N-dealkylation sites (N-methyl/N-ethyl adjacent to an activating group) is 1. The zero-order valence-corrected chi connectivity index (χ0v) is 23.7. The Bertz CT molecular complexity index is 1400. The number of allylic oxidation sites excluding steroid dienone is 3. The molecule has 2 atom stereocenters. The van der Waals surface area contributed by atoms with Crippen LogP contribution in [0.2, 0.25) is 0 Å². The van der Waals surface area contributed by atoms with Crippen LogP contribution in [0.25, 0.3) is 0 Å². The Kier molecular flexibility index (Phi) is 9.27. The molecular formula is C31H33F4N5O2. The largest absolute Gasteiger partial charge is 0.464 e. The van der Waals surface area contributed by atoms with Crippen molar-refractivity contribution in [1.82, 2.24) is 9.80 Å². The Morgan fingerprint density at radius 3 is 2.31 bits per heavy atom. The van der Waals surface area contributed by atoms with Gasteiger partial charge in [-0.25, -0.2) is 4.39 Å². The second kappa shape index (κ2) is 12.7. The number of anilines is 2. The van der Waals surface area contributed by atoms with Gasteiger partial charge in [0.25, 0.3) is 0 Å². The molecule has 2 aromatic rings. The molecule has 0 bridgehead atoms. The highest BCUT2D eigenvalue weighted by molar-refractivity contribution is 5.92. The van der Waals surface area contributed by atoms with E-state index in [1.54, 1.807) is 32.2 Å². The minimum absolute atomic E-state index is 0.182. The van der Waals surface area contributed by atoms with Gasteiger partial charge in [0.15, 0.2) is 6.23 Å². The number of nitriles is 1. The number of halogens is 4. The van der Waals surface area contributed by atoms with Crippen LogP contribution in [0.4, 0.5) is 28.9 Å². The monoisotopic (exact) mass is 583 g/mol. The molecule has 0 aromatic heterocycles. The molecular weight excluding hydrogens is 550 g/mol. The molecule has 1 amide bonds. The Morgan fingerprint density at radius 2 is 1.76 bits per heavy atom. The zero-order chi connectivity index (χ0) is 30.6. The Balaban J connectivity index is 1.33. The fourth-order valence-electron chi connectivity index (χ4n) is 4.83. The number of carbonyl (C=O) groups is 1. The first kappa shape index (κ1) is 30.7. The highest BCUT2D eigenvalue weighted by Gasteiger charge is 2.35. The number of alkyl halides is 4. The maximum Gasteiger partial charge on any atom is 0.416 e. The summed E-state index contributed by atoms with van der Waals surface area (Å²) in [5.41, 5.74) is 2.61. The minimum Gasteiger partial charge on any atom is -0.464 e. The number of hydrogen-bond donors (Lipinski definition) is 1. The summed E-state index contributed by atoms with van der Waals surface area (Å²) < 4.78 is 58.8. The number of carbonyl (C=O) groups excluding carboxylic acids is 1. The fraction of sp³-hybridized carbons (Fsp3) is 0.355. The molecule has 42 heavy (non-hydrogen) atoms. The molecule has 2 unspecified atom stereocenters. The quantitative estimate of drug-likeness (QED) is 0.318. The molecule has 0 aliphatic carbocycles. The highest BCUT2D eigenvalue weighted by atomic mass is 19.4. The van der Waals surface area contributed by atoms with E-state index >= 15 is 0 Å². The summed E-state index contributed by atoms with van der Waals surface area (Å²) in [6.07, 6.45) is -4.59. The first-order valence-corrected chi connectivity index (χ1v) is 13.5. The van der Waals surface area contributed by atoms with E-state index in [-0.39, 0.29) is 18.0 Å². The third-order valence-corrected chi connectivity index (χ3v) is 7.38. The predicted octanol–water partition coefficient (Wildman–Crippen LogP) is 6.02. The summed E-state index contributed by atoms with van der Waals surface area (Å²) in [6.45, 7) is 9.33. The minimum atomic E-state index is -4.37. The lowest BCUT2D eigenvalue weighted by atomic mass is 10.1. The molecule has 4 rings (SSSR count). The third kappa shape index (κ3) is 7.12. The molecule has 0 radical (unpaired) electrons. The molecule has 222 valence electrons. The molecule has 1 N–H and O–H groups in total. The average Bonchev–Trinajstić information content (AvgIpc) is 3.28. The lowest BCUT2D eigenvalue weighted by molar-refractivity contribution is -0.137. The summed E-state index contributed by atoms with van der Waals surface area (Å²) in [5.74, 6) is 0.183. The van der Waals surface area contributed by atoms with Gasteiger partial charge in [0.05, 0.1) is 23.9 Å². The van der Waals surface area contributed by atoms with Crippen molar-refractivity contribution in [1.29, 1.82) is 5.26 Å². The number of hydrogen-bond acceptors (Lipinski definition) is 6. The van der Waals surface area contributed by atoms with Gasteiger partial charge < -0.3 is 19.9 Å². The van der Waals surface area contributed by atoms with Gasteiger partial charge in [0.2, 0.25) is 5.91 Å². The summed E-state index contributed by atoms with van der Waals surface area (Å²) in [7, 11) is 1.79. The van der Waals surface area contributed by atoms with Crippen molar-refractivity contribution in [3.05, 3.63) is 94.9 Å². The molecule has 2 fully saturated rings. The van der Waals surface area contributed by atoms with Crippen LogP contribution in [-0.4, -0.2) is 61.7 Å². The van der Waals surface area contributed by atoms with Crippen molar-refractivity contribution >= 4 is 17.3 Å². The van der Waals surface area contributed by atoms with Crippen molar-refractivity contribution in [3.63, 3.8) is 0 Å². The van der Waals surface area contributed by atoms with Crippen LogP contribution < -0.4 is 10.2 Å². The molecule has 2 saturated heterocycles. The van der Waals surface area contributed by atoms with E-state index < -0.39 is 24.1 Å². The molecule has 0 saturated carbocycles. The number of nitrogens with one attached hydrogen (secondary N) is 1. The van der Waals surface area contributed by atoms with E-state index in [0.29, 0.717) is 48.9 Å². The summed E-state index contributed by atoms with van der Waals surface area (Å²) in [5, 5.41) is 12.1. The second-order valence-corrected chi connectivity index (χ2v) is 10.4. The summed E-state index contributed by atoms with van der Waals surface area (Å²) in [6, 6.07) is 14.2. The predicted molar refractivity (Wildman–Crippen MR) is 153 cm³/mol. The Hall–Kier alpha value is -4.30. The first-order valence-electron chi connectivity index (χ1n) is 13.5. The number of rotatable bonds is 7. The first-order chi connectivity index (χ1) is 19.9. The molecule has 2 aromatic carbocycles. The van der Waals surface area contributed by atoms with Crippen LogP contribution in [0.15, 0.2) is 83.8 Å². The molecule has 2 aliphatic rings.